The Bertz CT molecular complexity index is 273. The third-order valence-electron chi connectivity index (χ3n) is 2.29. The second-order valence-corrected chi connectivity index (χ2v) is 3.41. The fourth-order valence-electron chi connectivity index (χ4n) is 1.46. The highest BCUT2D eigenvalue weighted by Gasteiger charge is 2.05. The summed E-state index contributed by atoms with van der Waals surface area (Å²) in [5, 5.41) is 0. The number of hydrogen-bond donors (Lipinski definition) is 1. The van der Waals surface area contributed by atoms with Gasteiger partial charge in [-0.05, 0) is 31.6 Å². The van der Waals surface area contributed by atoms with Gasteiger partial charge in [0.1, 0.15) is 0 Å². The van der Waals surface area contributed by atoms with Crippen molar-refractivity contribution in [2.45, 2.75) is 26.8 Å². The normalized spacial score (nSPS) is 10.8. The SMILES string of the molecule is CCCN(CC)Cc1ncccc1N. The van der Waals surface area contributed by atoms with Crippen molar-refractivity contribution in [2.75, 3.05) is 18.8 Å². The standard InChI is InChI=1S/C11H19N3/c1-3-8-14(4-2)9-11-10(12)6-5-7-13-11/h5-7H,3-4,8-9,12H2,1-2H3. The van der Waals surface area contributed by atoms with Crippen LogP contribution in [0.1, 0.15) is 26.0 Å². The average molecular weight is 193 g/mol. The van der Waals surface area contributed by atoms with Gasteiger partial charge in [0.25, 0.3) is 0 Å². The van der Waals surface area contributed by atoms with Gasteiger partial charge in [-0.15, -0.1) is 0 Å². The molecule has 1 heterocycles. The second kappa shape index (κ2) is 5.60. The molecule has 0 spiro atoms. The molecule has 0 atom stereocenters. The molecule has 0 saturated carbocycles. The first kappa shape index (κ1) is 11.0. The van der Waals surface area contributed by atoms with Crippen molar-refractivity contribution in [2.24, 2.45) is 0 Å². The van der Waals surface area contributed by atoms with E-state index in [0.29, 0.717) is 0 Å². The molecule has 0 bridgehead atoms. The maximum Gasteiger partial charge on any atom is 0.0772 e. The van der Waals surface area contributed by atoms with Crippen molar-refractivity contribution in [3.8, 4) is 0 Å². The van der Waals surface area contributed by atoms with Crippen LogP contribution in [0.5, 0.6) is 0 Å². The van der Waals surface area contributed by atoms with E-state index in [9.17, 15) is 0 Å². The summed E-state index contributed by atoms with van der Waals surface area (Å²) in [6, 6.07) is 3.77. The minimum atomic E-state index is 0.794. The molecule has 0 aliphatic carbocycles. The Morgan fingerprint density at radius 1 is 1.43 bits per heavy atom. The molecule has 0 aliphatic rings. The van der Waals surface area contributed by atoms with E-state index in [1.54, 1.807) is 6.20 Å². The third kappa shape index (κ3) is 3.00. The van der Waals surface area contributed by atoms with Crippen molar-refractivity contribution < 1.29 is 0 Å². The molecular weight excluding hydrogens is 174 g/mol. The van der Waals surface area contributed by atoms with E-state index in [-0.39, 0.29) is 0 Å². The van der Waals surface area contributed by atoms with E-state index in [4.69, 9.17) is 5.73 Å². The van der Waals surface area contributed by atoms with Crippen molar-refractivity contribution in [3.63, 3.8) is 0 Å². The maximum atomic E-state index is 5.83. The van der Waals surface area contributed by atoms with Gasteiger partial charge in [0.05, 0.1) is 11.4 Å². The lowest BCUT2D eigenvalue weighted by atomic mass is 10.2. The zero-order chi connectivity index (χ0) is 10.4. The minimum absolute atomic E-state index is 0.794. The number of aromatic nitrogens is 1. The molecule has 3 heteroatoms. The highest BCUT2D eigenvalue weighted by molar-refractivity contribution is 5.41. The van der Waals surface area contributed by atoms with Crippen molar-refractivity contribution in [1.29, 1.82) is 0 Å². The van der Waals surface area contributed by atoms with Gasteiger partial charge >= 0.3 is 0 Å². The van der Waals surface area contributed by atoms with Crippen LogP contribution in [-0.2, 0) is 6.54 Å². The molecule has 0 radical (unpaired) electrons. The predicted molar refractivity (Wildman–Crippen MR) is 59.9 cm³/mol. The van der Waals surface area contributed by atoms with E-state index in [0.717, 1.165) is 31.0 Å². The maximum absolute atomic E-state index is 5.83. The molecule has 0 saturated heterocycles. The molecular formula is C11H19N3. The van der Waals surface area contributed by atoms with Crippen LogP contribution < -0.4 is 5.73 Å². The monoisotopic (exact) mass is 193 g/mol. The molecule has 1 aromatic heterocycles. The molecule has 0 fully saturated rings. The molecule has 3 nitrogen and oxygen atoms in total. The Kier molecular flexibility index (Phi) is 4.40. The Morgan fingerprint density at radius 3 is 2.79 bits per heavy atom. The molecule has 1 rings (SSSR count). The van der Waals surface area contributed by atoms with E-state index in [1.165, 1.54) is 6.42 Å². The lowest BCUT2D eigenvalue weighted by Gasteiger charge is -2.19. The number of nitrogens with two attached hydrogens (primary N) is 1. The molecule has 0 aliphatic heterocycles. The van der Waals surface area contributed by atoms with Gasteiger partial charge in [-0.3, -0.25) is 9.88 Å². The number of anilines is 1. The van der Waals surface area contributed by atoms with Gasteiger partial charge in [0, 0.05) is 12.7 Å². The zero-order valence-corrected chi connectivity index (χ0v) is 9.03. The van der Waals surface area contributed by atoms with Gasteiger partial charge < -0.3 is 5.73 Å². The summed E-state index contributed by atoms with van der Waals surface area (Å²) in [4.78, 5) is 6.63. The van der Waals surface area contributed by atoms with Gasteiger partial charge in [-0.25, -0.2) is 0 Å². The van der Waals surface area contributed by atoms with Crippen LogP contribution in [0.4, 0.5) is 5.69 Å². The molecule has 0 aromatic carbocycles. The summed E-state index contributed by atoms with van der Waals surface area (Å²) >= 11 is 0. The fraction of sp³-hybridized carbons (Fsp3) is 0.545. The first-order valence-electron chi connectivity index (χ1n) is 5.19. The second-order valence-electron chi connectivity index (χ2n) is 3.41. The topological polar surface area (TPSA) is 42.2 Å². The quantitative estimate of drug-likeness (QED) is 0.776. The molecule has 0 amide bonds. The Morgan fingerprint density at radius 2 is 2.21 bits per heavy atom. The van der Waals surface area contributed by atoms with E-state index < -0.39 is 0 Å². The van der Waals surface area contributed by atoms with E-state index in [2.05, 4.69) is 23.7 Å². The fourth-order valence-corrected chi connectivity index (χ4v) is 1.46. The minimum Gasteiger partial charge on any atom is -0.397 e. The summed E-state index contributed by atoms with van der Waals surface area (Å²) in [5.41, 5.74) is 7.61. The average Bonchev–Trinajstić information content (AvgIpc) is 2.20. The van der Waals surface area contributed by atoms with Crippen LogP contribution in [0.15, 0.2) is 18.3 Å². The number of rotatable bonds is 5. The Balaban J connectivity index is 2.62. The van der Waals surface area contributed by atoms with Gasteiger partial charge in [-0.2, -0.15) is 0 Å². The summed E-state index contributed by atoms with van der Waals surface area (Å²) in [7, 11) is 0. The van der Waals surface area contributed by atoms with Crippen LogP contribution in [-0.4, -0.2) is 23.0 Å². The zero-order valence-electron chi connectivity index (χ0n) is 9.03. The van der Waals surface area contributed by atoms with Gasteiger partial charge in [0.2, 0.25) is 0 Å². The lowest BCUT2D eigenvalue weighted by Crippen LogP contribution is -2.24. The van der Waals surface area contributed by atoms with Crippen LogP contribution in [0.3, 0.4) is 0 Å². The molecule has 1 aromatic rings. The Labute approximate surface area is 85.9 Å². The molecule has 78 valence electrons. The van der Waals surface area contributed by atoms with Crippen LogP contribution in [0.2, 0.25) is 0 Å². The van der Waals surface area contributed by atoms with Crippen molar-refractivity contribution >= 4 is 5.69 Å². The summed E-state index contributed by atoms with van der Waals surface area (Å²) in [5.74, 6) is 0. The number of nitrogens with zero attached hydrogens (tertiary/aromatic N) is 2. The highest BCUT2D eigenvalue weighted by atomic mass is 15.1. The molecule has 2 N–H and O–H groups in total. The van der Waals surface area contributed by atoms with E-state index >= 15 is 0 Å². The Hall–Kier alpha value is -1.09. The number of pyridine rings is 1. The smallest absolute Gasteiger partial charge is 0.0772 e. The highest BCUT2D eigenvalue weighted by Crippen LogP contribution is 2.10. The number of nitrogen functional groups attached to an aromatic ring is 1. The predicted octanol–water partition coefficient (Wildman–Crippen LogP) is 1.90. The first-order valence-corrected chi connectivity index (χ1v) is 5.19. The summed E-state index contributed by atoms with van der Waals surface area (Å²) in [6.45, 7) is 7.35. The van der Waals surface area contributed by atoms with Crippen LogP contribution >= 0.6 is 0 Å². The summed E-state index contributed by atoms with van der Waals surface area (Å²) < 4.78 is 0. The largest absolute Gasteiger partial charge is 0.397 e. The third-order valence-corrected chi connectivity index (χ3v) is 2.29. The van der Waals surface area contributed by atoms with E-state index in [1.807, 2.05) is 12.1 Å². The van der Waals surface area contributed by atoms with Crippen LogP contribution in [0.25, 0.3) is 0 Å². The van der Waals surface area contributed by atoms with Gasteiger partial charge in [0.15, 0.2) is 0 Å². The molecule has 14 heavy (non-hydrogen) atoms. The lowest BCUT2D eigenvalue weighted by molar-refractivity contribution is 0.278. The van der Waals surface area contributed by atoms with Crippen LogP contribution in [0, 0.1) is 0 Å². The molecule has 0 unspecified atom stereocenters. The van der Waals surface area contributed by atoms with Crippen molar-refractivity contribution in [1.82, 2.24) is 9.88 Å². The summed E-state index contributed by atoms with van der Waals surface area (Å²) in [6.07, 6.45) is 2.96. The first-order chi connectivity index (χ1) is 6.77. The van der Waals surface area contributed by atoms with Gasteiger partial charge in [-0.1, -0.05) is 13.8 Å². The van der Waals surface area contributed by atoms with Crippen molar-refractivity contribution in [3.05, 3.63) is 24.0 Å². The number of hydrogen-bond acceptors (Lipinski definition) is 3.